The van der Waals surface area contributed by atoms with Crippen molar-refractivity contribution in [1.29, 1.82) is 0 Å². The highest BCUT2D eigenvalue weighted by atomic mass is 16.6. The summed E-state index contributed by atoms with van der Waals surface area (Å²) in [7, 11) is 0. The van der Waals surface area contributed by atoms with E-state index in [0.717, 1.165) is 77.0 Å². The molecule has 0 saturated carbocycles. The number of carbonyl (C=O) groups is 3. The van der Waals surface area contributed by atoms with Crippen LogP contribution in [0, 0.1) is 0 Å². The highest BCUT2D eigenvalue weighted by molar-refractivity contribution is 5.71. The molecule has 6 nitrogen and oxygen atoms in total. The normalized spacial score (nSPS) is 12.3. The van der Waals surface area contributed by atoms with Crippen LogP contribution in [0.5, 0.6) is 0 Å². The van der Waals surface area contributed by atoms with E-state index in [1.54, 1.807) is 0 Å². The second kappa shape index (κ2) is 62.9. The molecule has 0 radical (unpaired) electrons. The second-order valence-electron chi connectivity index (χ2n) is 22.0. The summed E-state index contributed by atoms with van der Waals surface area (Å²) in [5.74, 6) is -0.884. The van der Waals surface area contributed by atoms with E-state index in [4.69, 9.17) is 14.2 Å². The first-order chi connectivity index (χ1) is 36.5. The number of unbranched alkanes of at least 4 members (excludes halogenated alkanes) is 42. The quantitative estimate of drug-likeness (QED) is 0.0199. The molecule has 0 bridgehead atoms. The molecule has 1 atom stereocenters. The first kappa shape index (κ1) is 71.4. The van der Waals surface area contributed by atoms with E-state index in [-0.39, 0.29) is 31.1 Å². The van der Waals surface area contributed by atoms with E-state index in [1.807, 2.05) is 0 Å². The zero-order valence-corrected chi connectivity index (χ0v) is 49.6. The molecule has 0 amide bonds. The lowest BCUT2D eigenvalue weighted by molar-refractivity contribution is -0.167. The Kier molecular flexibility index (Phi) is 60.7. The molecule has 6 heteroatoms. The Bertz CT molecular complexity index is 1280. The van der Waals surface area contributed by atoms with Crippen LogP contribution in [0.3, 0.4) is 0 Å². The summed E-state index contributed by atoms with van der Waals surface area (Å²) in [6, 6.07) is 0. The van der Waals surface area contributed by atoms with Gasteiger partial charge in [-0.05, 0) is 96.3 Å². The molecule has 0 aliphatic rings. The molecule has 0 rings (SSSR count). The van der Waals surface area contributed by atoms with Crippen molar-refractivity contribution < 1.29 is 28.6 Å². The van der Waals surface area contributed by atoms with Crippen molar-refractivity contribution in [2.75, 3.05) is 13.2 Å². The van der Waals surface area contributed by atoms with E-state index in [9.17, 15) is 14.4 Å². The van der Waals surface area contributed by atoms with E-state index >= 15 is 0 Å². The Morgan fingerprint density at radius 3 is 0.757 bits per heavy atom. The second-order valence-corrected chi connectivity index (χ2v) is 22.0. The molecule has 0 aromatic rings. The molecule has 0 heterocycles. The maximum Gasteiger partial charge on any atom is 0.306 e. The molecule has 0 spiro atoms. The van der Waals surface area contributed by atoms with Gasteiger partial charge < -0.3 is 14.2 Å². The van der Waals surface area contributed by atoms with Crippen molar-refractivity contribution in [1.82, 2.24) is 0 Å². The summed E-state index contributed by atoms with van der Waals surface area (Å²) in [6.45, 7) is 6.67. The third kappa shape index (κ3) is 60.2. The van der Waals surface area contributed by atoms with E-state index in [1.165, 1.54) is 231 Å². The van der Waals surface area contributed by atoms with Crippen LogP contribution in [0.4, 0.5) is 0 Å². The van der Waals surface area contributed by atoms with Crippen molar-refractivity contribution in [3.8, 4) is 0 Å². The van der Waals surface area contributed by atoms with Crippen molar-refractivity contribution in [2.24, 2.45) is 0 Å². The maximum atomic E-state index is 12.9. The predicted octanol–water partition coefficient (Wildman–Crippen LogP) is 22.2. The van der Waals surface area contributed by atoms with Crippen LogP contribution in [0.15, 0.2) is 48.6 Å². The van der Waals surface area contributed by atoms with Crippen molar-refractivity contribution in [2.45, 2.75) is 354 Å². The zero-order valence-electron chi connectivity index (χ0n) is 49.6. The molecule has 1 unspecified atom stereocenters. The van der Waals surface area contributed by atoms with Gasteiger partial charge in [0.15, 0.2) is 6.10 Å². The average molecular weight is 1040 g/mol. The van der Waals surface area contributed by atoms with Gasteiger partial charge in [-0.1, -0.05) is 281 Å². The molecule has 0 aliphatic carbocycles. The molecular formula is C68H124O6. The summed E-state index contributed by atoms with van der Waals surface area (Å²) in [5, 5.41) is 0. The summed E-state index contributed by atoms with van der Waals surface area (Å²) < 4.78 is 16.9. The van der Waals surface area contributed by atoms with Gasteiger partial charge in [-0.15, -0.1) is 0 Å². The lowest BCUT2D eigenvalue weighted by Crippen LogP contribution is -2.30. The van der Waals surface area contributed by atoms with E-state index in [2.05, 4.69) is 69.4 Å². The number of allylic oxidation sites excluding steroid dienone is 8. The minimum atomic E-state index is -0.784. The van der Waals surface area contributed by atoms with Crippen LogP contribution in [0.25, 0.3) is 0 Å². The molecule has 0 aliphatic heterocycles. The number of rotatable bonds is 60. The Morgan fingerprint density at radius 2 is 0.486 bits per heavy atom. The van der Waals surface area contributed by atoms with Gasteiger partial charge in [0.2, 0.25) is 0 Å². The minimum Gasteiger partial charge on any atom is -0.462 e. The van der Waals surface area contributed by atoms with Crippen LogP contribution in [0.1, 0.15) is 348 Å². The molecular weight excluding hydrogens is 913 g/mol. The Hall–Kier alpha value is -2.63. The highest BCUT2D eigenvalue weighted by Gasteiger charge is 2.19. The number of hydrogen-bond donors (Lipinski definition) is 0. The van der Waals surface area contributed by atoms with Crippen LogP contribution in [0.2, 0.25) is 0 Å². The lowest BCUT2D eigenvalue weighted by Gasteiger charge is -2.18. The fourth-order valence-electron chi connectivity index (χ4n) is 9.60. The van der Waals surface area contributed by atoms with Crippen LogP contribution >= 0.6 is 0 Å². The van der Waals surface area contributed by atoms with Gasteiger partial charge in [0, 0.05) is 19.3 Å². The lowest BCUT2D eigenvalue weighted by atomic mass is 10.1. The molecule has 0 N–H and O–H groups in total. The van der Waals surface area contributed by atoms with Crippen LogP contribution < -0.4 is 0 Å². The van der Waals surface area contributed by atoms with Crippen molar-refractivity contribution in [3.05, 3.63) is 48.6 Å². The monoisotopic (exact) mass is 1040 g/mol. The zero-order chi connectivity index (χ0) is 53.6. The van der Waals surface area contributed by atoms with Gasteiger partial charge >= 0.3 is 17.9 Å². The molecule has 0 aromatic carbocycles. The van der Waals surface area contributed by atoms with Crippen molar-refractivity contribution in [3.63, 3.8) is 0 Å². The minimum absolute atomic E-state index is 0.0801. The standard InChI is InChI=1S/C68H124O6/c1-4-7-10-13-16-19-22-25-28-31-34-37-40-43-46-49-52-55-58-61-67(70)73-64-65(63-72-66(69)60-57-54-51-48-45-42-39-36-33-30-27-24-21-18-15-12-9-6-3)74-68(71)62-59-56-53-50-47-44-41-38-35-32-29-26-23-20-17-14-11-8-5-2/h30-36,39,65H,4-29,37-38,40-64H2,1-3H3/b33-30-,34-31-,35-32-,39-36-. The number of esters is 3. The van der Waals surface area contributed by atoms with Gasteiger partial charge in [0.05, 0.1) is 0 Å². The fraction of sp³-hybridized carbons (Fsp3) is 0.838. The summed E-state index contributed by atoms with van der Waals surface area (Å²) >= 11 is 0. The summed E-state index contributed by atoms with van der Waals surface area (Å²) in [5.41, 5.74) is 0. The van der Waals surface area contributed by atoms with E-state index < -0.39 is 6.10 Å². The first-order valence-electron chi connectivity index (χ1n) is 32.7. The largest absolute Gasteiger partial charge is 0.462 e. The van der Waals surface area contributed by atoms with Gasteiger partial charge in [0.1, 0.15) is 13.2 Å². The third-order valence-electron chi connectivity index (χ3n) is 14.6. The third-order valence-corrected chi connectivity index (χ3v) is 14.6. The van der Waals surface area contributed by atoms with Gasteiger partial charge in [-0.2, -0.15) is 0 Å². The molecule has 0 aromatic heterocycles. The van der Waals surface area contributed by atoms with E-state index in [0.29, 0.717) is 19.3 Å². The average Bonchev–Trinajstić information content (AvgIpc) is 3.40. The Morgan fingerprint density at radius 1 is 0.270 bits per heavy atom. The van der Waals surface area contributed by atoms with Gasteiger partial charge in [-0.25, -0.2) is 0 Å². The maximum absolute atomic E-state index is 12.9. The fourth-order valence-corrected chi connectivity index (χ4v) is 9.60. The van der Waals surface area contributed by atoms with Crippen LogP contribution in [-0.2, 0) is 28.6 Å². The van der Waals surface area contributed by atoms with Crippen molar-refractivity contribution >= 4 is 17.9 Å². The van der Waals surface area contributed by atoms with Gasteiger partial charge in [0.25, 0.3) is 0 Å². The highest BCUT2D eigenvalue weighted by Crippen LogP contribution is 2.16. The number of ether oxygens (including phenoxy) is 3. The topological polar surface area (TPSA) is 78.9 Å². The SMILES string of the molecule is CCCCCCCCC/C=C\C=C/CCCCCCCC(=O)OCC(COC(=O)CCCCCCCCC/C=C\CCCCCCCCCC)OC(=O)CCCCCCCCC/C=C\CCCCCCCCCC. The number of carbonyl (C=O) groups excluding carboxylic acids is 3. The molecule has 432 valence electrons. The predicted molar refractivity (Wildman–Crippen MR) is 321 cm³/mol. The first-order valence-corrected chi connectivity index (χ1v) is 32.7. The molecule has 0 fully saturated rings. The smallest absolute Gasteiger partial charge is 0.306 e. The van der Waals surface area contributed by atoms with Crippen LogP contribution in [-0.4, -0.2) is 37.2 Å². The number of hydrogen-bond acceptors (Lipinski definition) is 6. The Balaban J connectivity index is 4.39. The summed E-state index contributed by atoms with van der Waals surface area (Å²) in [4.78, 5) is 38.3. The van der Waals surface area contributed by atoms with Gasteiger partial charge in [-0.3, -0.25) is 14.4 Å². The Labute approximate surface area is 460 Å². The summed E-state index contributed by atoms with van der Waals surface area (Å²) in [6.07, 6.45) is 78.3. The molecule has 74 heavy (non-hydrogen) atoms. The molecule has 0 saturated heterocycles.